The van der Waals surface area contributed by atoms with Gasteiger partial charge in [0.25, 0.3) is 11.8 Å². The van der Waals surface area contributed by atoms with Crippen molar-refractivity contribution < 1.29 is 9.59 Å². The van der Waals surface area contributed by atoms with E-state index in [9.17, 15) is 9.59 Å². The van der Waals surface area contributed by atoms with Crippen LogP contribution in [-0.4, -0.2) is 18.4 Å². The zero-order valence-electron chi connectivity index (χ0n) is 15.5. The van der Waals surface area contributed by atoms with Crippen LogP contribution in [0.2, 0.25) is 10.0 Å². The van der Waals surface area contributed by atoms with Crippen molar-refractivity contribution >= 4 is 40.7 Å². The van der Waals surface area contributed by atoms with Gasteiger partial charge >= 0.3 is 0 Å². The van der Waals surface area contributed by atoms with E-state index in [1.807, 2.05) is 18.2 Å². The highest BCUT2D eigenvalue weighted by molar-refractivity contribution is 6.33. The number of nitrogens with one attached hydrogen (secondary N) is 1. The van der Waals surface area contributed by atoms with E-state index in [1.54, 1.807) is 53.4 Å². The second-order valence-electron chi connectivity index (χ2n) is 6.84. The summed E-state index contributed by atoms with van der Waals surface area (Å²) in [6, 6.07) is 19.8. The van der Waals surface area contributed by atoms with Crippen LogP contribution in [0.1, 0.15) is 31.8 Å². The first-order chi connectivity index (χ1) is 14.0. The lowest BCUT2D eigenvalue weighted by Crippen LogP contribution is -2.28. The molecule has 0 saturated carbocycles. The number of hydrogen-bond acceptors (Lipinski definition) is 2. The molecule has 4 rings (SSSR count). The molecule has 1 aliphatic rings. The van der Waals surface area contributed by atoms with Crippen molar-refractivity contribution in [2.24, 2.45) is 0 Å². The van der Waals surface area contributed by atoms with E-state index in [0.717, 1.165) is 23.2 Å². The lowest BCUT2D eigenvalue weighted by molar-refractivity contribution is 0.0949. The summed E-state index contributed by atoms with van der Waals surface area (Å²) in [6.07, 6.45) is 0.772. The van der Waals surface area contributed by atoms with Gasteiger partial charge in [0.2, 0.25) is 0 Å². The Bertz CT molecular complexity index is 1100. The van der Waals surface area contributed by atoms with Crippen molar-refractivity contribution in [2.75, 3.05) is 11.4 Å². The van der Waals surface area contributed by atoms with E-state index in [2.05, 4.69) is 5.32 Å². The Hall–Kier alpha value is -2.82. The highest BCUT2D eigenvalue weighted by atomic mass is 35.5. The second kappa shape index (κ2) is 8.27. The molecular formula is C23H18Cl2N2O2. The lowest BCUT2D eigenvalue weighted by Gasteiger charge is -2.18. The Morgan fingerprint density at radius 2 is 1.79 bits per heavy atom. The van der Waals surface area contributed by atoms with Crippen LogP contribution in [0, 0.1) is 0 Å². The maximum Gasteiger partial charge on any atom is 0.258 e. The molecule has 0 atom stereocenters. The quantitative estimate of drug-likeness (QED) is 0.631. The molecule has 2 amide bonds. The van der Waals surface area contributed by atoms with Crippen molar-refractivity contribution in [3.05, 3.63) is 99.0 Å². The molecule has 0 fully saturated rings. The second-order valence-corrected chi connectivity index (χ2v) is 7.69. The summed E-state index contributed by atoms with van der Waals surface area (Å²) in [5, 5.41) is 3.86. The molecule has 146 valence electrons. The highest BCUT2D eigenvalue weighted by Crippen LogP contribution is 2.30. The summed E-state index contributed by atoms with van der Waals surface area (Å²) in [6.45, 7) is 1.01. The topological polar surface area (TPSA) is 49.4 Å². The van der Waals surface area contributed by atoms with E-state index in [0.29, 0.717) is 34.3 Å². The Balaban J connectivity index is 1.47. The fourth-order valence-electron chi connectivity index (χ4n) is 3.48. The fraction of sp³-hybridized carbons (Fsp3) is 0.130. The van der Waals surface area contributed by atoms with Crippen LogP contribution in [0.25, 0.3) is 0 Å². The largest absolute Gasteiger partial charge is 0.348 e. The Kier molecular flexibility index (Phi) is 5.56. The zero-order valence-corrected chi connectivity index (χ0v) is 17.0. The van der Waals surface area contributed by atoms with Crippen LogP contribution in [0.3, 0.4) is 0 Å². The molecule has 1 N–H and O–H groups in total. The molecule has 29 heavy (non-hydrogen) atoms. The third-order valence-corrected chi connectivity index (χ3v) is 5.49. The number of hydrogen-bond donors (Lipinski definition) is 1. The van der Waals surface area contributed by atoms with Crippen LogP contribution in [-0.2, 0) is 13.0 Å². The summed E-state index contributed by atoms with van der Waals surface area (Å²) in [4.78, 5) is 27.0. The number of rotatable bonds is 4. The standard InChI is InChI=1S/C23H18Cl2N2O2/c24-18-5-3-4-17(13-18)23(29)27-11-10-16-12-15(8-9-21(16)27)14-26-22(28)19-6-1-2-7-20(19)25/h1-9,12-13H,10-11,14H2,(H,26,28). The molecule has 0 bridgehead atoms. The van der Waals surface area contributed by atoms with E-state index in [1.165, 1.54) is 0 Å². The number of fused-ring (bicyclic) bond motifs is 1. The summed E-state index contributed by atoms with van der Waals surface area (Å²) in [5.41, 5.74) is 3.98. The normalized spacial score (nSPS) is 12.6. The number of nitrogens with zero attached hydrogens (tertiary/aromatic N) is 1. The van der Waals surface area contributed by atoms with E-state index in [4.69, 9.17) is 23.2 Å². The molecule has 3 aromatic carbocycles. The smallest absolute Gasteiger partial charge is 0.258 e. The Morgan fingerprint density at radius 3 is 2.59 bits per heavy atom. The first-order valence-electron chi connectivity index (χ1n) is 9.25. The minimum absolute atomic E-state index is 0.0639. The van der Waals surface area contributed by atoms with Gasteiger partial charge in [0, 0.05) is 29.4 Å². The predicted molar refractivity (Wildman–Crippen MR) is 116 cm³/mol. The molecular weight excluding hydrogens is 407 g/mol. The minimum atomic E-state index is -0.214. The van der Waals surface area contributed by atoms with Gasteiger partial charge in [-0.25, -0.2) is 0 Å². The van der Waals surface area contributed by atoms with Crippen molar-refractivity contribution in [3.63, 3.8) is 0 Å². The first kappa shape index (κ1) is 19.5. The number of amides is 2. The van der Waals surface area contributed by atoms with Gasteiger partial charge in [-0.15, -0.1) is 0 Å². The summed E-state index contributed by atoms with van der Waals surface area (Å²) < 4.78 is 0. The van der Waals surface area contributed by atoms with Gasteiger partial charge in [-0.05, 0) is 53.9 Å². The van der Waals surface area contributed by atoms with Gasteiger partial charge in [0.1, 0.15) is 0 Å². The molecule has 1 heterocycles. The molecule has 1 aliphatic heterocycles. The predicted octanol–water partition coefficient (Wildman–Crippen LogP) is 5.13. The molecule has 0 spiro atoms. The third kappa shape index (κ3) is 4.14. The highest BCUT2D eigenvalue weighted by Gasteiger charge is 2.25. The van der Waals surface area contributed by atoms with Crippen molar-refractivity contribution in [1.82, 2.24) is 5.32 Å². The Labute approximate surface area is 179 Å². The maximum atomic E-state index is 12.8. The van der Waals surface area contributed by atoms with Gasteiger partial charge < -0.3 is 10.2 Å². The van der Waals surface area contributed by atoms with Gasteiger partial charge in [-0.1, -0.05) is 53.5 Å². The zero-order chi connectivity index (χ0) is 20.4. The molecule has 0 aliphatic carbocycles. The molecule has 0 aromatic heterocycles. The van der Waals surface area contributed by atoms with Gasteiger partial charge in [-0.3, -0.25) is 9.59 Å². The maximum absolute atomic E-state index is 12.8. The molecule has 0 radical (unpaired) electrons. The lowest BCUT2D eigenvalue weighted by atomic mass is 10.1. The van der Waals surface area contributed by atoms with Gasteiger partial charge in [-0.2, -0.15) is 0 Å². The minimum Gasteiger partial charge on any atom is -0.348 e. The molecule has 0 saturated heterocycles. The summed E-state index contributed by atoms with van der Waals surface area (Å²) in [5.74, 6) is -0.278. The van der Waals surface area contributed by atoms with Crippen molar-refractivity contribution in [2.45, 2.75) is 13.0 Å². The molecule has 6 heteroatoms. The summed E-state index contributed by atoms with van der Waals surface area (Å²) in [7, 11) is 0. The molecule has 4 nitrogen and oxygen atoms in total. The van der Waals surface area contributed by atoms with Crippen LogP contribution >= 0.6 is 23.2 Å². The third-order valence-electron chi connectivity index (χ3n) is 4.93. The summed E-state index contributed by atoms with van der Waals surface area (Å²) >= 11 is 12.1. The number of carbonyl (C=O) groups is 2. The van der Waals surface area contributed by atoms with E-state index < -0.39 is 0 Å². The number of carbonyl (C=O) groups excluding carboxylic acids is 2. The fourth-order valence-corrected chi connectivity index (χ4v) is 3.89. The Morgan fingerprint density at radius 1 is 0.966 bits per heavy atom. The number of halogens is 2. The van der Waals surface area contributed by atoms with Crippen molar-refractivity contribution in [3.8, 4) is 0 Å². The average Bonchev–Trinajstić information content (AvgIpc) is 3.15. The van der Waals surface area contributed by atoms with Gasteiger partial charge in [0.15, 0.2) is 0 Å². The van der Waals surface area contributed by atoms with E-state index >= 15 is 0 Å². The SMILES string of the molecule is O=C(NCc1ccc2c(c1)CCN2C(=O)c1cccc(Cl)c1)c1ccccc1Cl. The number of benzene rings is 3. The van der Waals surface area contributed by atoms with E-state index in [-0.39, 0.29) is 11.8 Å². The molecule has 3 aromatic rings. The van der Waals surface area contributed by atoms with Gasteiger partial charge in [0.05, 0.1) is 10.6 Å². The molecule has 0 unspecified atom stereocenters. The van der Waals surface area contributed by atoms with Crippen LogP contribution in [0.4, 0.5) is 5.69 Å². The number of anilines is 1. The van der Waals surface area contributed by atoms with Crippen LogP contribution in [0.15, 0.2) is 66.7 Å². The van der Waals surface area contributed by atoms with Crippen molar-refractivity contribution in [1.29, 1.82) is 0 Å². The average molecular weight is 425 g/mol. The van der Waals surface area contributed by atoms with Crippen LogP contribution < -0.4 is 10.2 Å². The monoisotopic (exact) mass is 424 g/mol. The first-order valence-corrected chi connectivity index (χ1v) is 10.0. The van der Waals surface area contributed by atoms with Crippen LogP contribution in [0.5, 0.6) is 0 Å².